The lowest BCUT2D eigenvalue weighted by molar-refractivity contribution is 0.252. The normalized spacial score (nSPS) is 11.2. The highest BCUT2D eigenvalue weighted by molar-refractivity contribution is 7.99. The number of hydrogen-bond acceptors (Lipinski definition) is 3. The first kappa shape index (κ1) is 14.2. The van der Waals surface area contributed by atoms with Crippen molar-refractivity contribution >= 4 is 34.1 Å². The second kappa shape index (κ2) is 5.95. The monoisotopic (exact) mass is 322 g/mol. The first-order chi connectivity index (χ1) is 10.1. The van der Waals surface area contributed by atoms with Gasteiger partial charge in [-0.1, -0.05) is 59.8 Å². The number of alkyl halides is 2. The highest BCUT2D eigenvalue weighted by atomic mass is 35.5. The molecule has 0 aliphatic rings. The summed E-state index contributed by atoms with van der Waals surface area (Å²) in [4.78, 5) is 0.514. The van der Waals surface area contributed by atoms with Gasteiger partial charge in [0.25, 0.3) is 5.76 Å². The quantitative estimate of drug-likeness (QED) is 0.615. The lowest BCUT2D eigenvalue weighted by atomic mass is 10.1. The van der Waals surface area contributed by atoms with Gasteiger partial charge in [-0.05, 0) is 12.1 Å². The molecule has 0 N–H and O–H groups in total. The Morgan fingerprint density at radius 3 is 2.24 bits per heavy atom. The summed E-state index contributed by atoms with van der Waals surface area (Å²) >= 11 is 6.56. The van der Waals surface area contributed by atoms with Crippen LogP contribution in [0.15, 0.2) is 53.4 Å². The molecule has 0 spiro atoms. The van der Waals surface area contributed by atoms with Gasteiger partial charge in [0, 0.05) is 21.2 Å². The first-order valence-corrected chi connectivity index (χ1v) is 7.37. The minimum atomic E-state index is -2.42. The number of aromatic nitrogens is 2. The van der Waals surface area contributed by atoms with Crippen LogP contribution in [-0.2, 0) is 0 Å². The van der Waals surface area contributed by atoms with E-state index in [1.165, 1.54) is 0 Å². The Labute approximate surface area is 129 Å². The Morgan fingerprint density at radius 1 is 0.905 bits per heavy atom. The van der Waals surface area contributed by atoms with E-state index in [1.807, 2.05) is 24.3 Å². The van der Waals surface area contributed by atoms with Crippen molar-refractivity contribution in [3.63, 3.8) is 0 Å². The van der Waals surface area contributed by atoms with Crippen molar-refractivity contribution < 1.29 is 8.78 Å². The molecule has 3 rings (SSSR count). The predicted octanol–water partition coefficient (Wildman–Crippen LogP) is 5.26. The zero-order valence-corrected chi connectivity index (χ0v) is 12.2. The van der Waals surface area contributed by atoms with Gasteiger partial charge >= 0.3 is 0 Å². The summed E-state index contributed by atoms with van der Waals surface area (Å²) in [6.07, 6.45) is 0. The molecule has 106 valence electrons. The molecular formula is C15H9ClF2N2S. The van der Waals surface area contributed by atoms with Gasteiger partial charge in [0.05, 0.1) is 0 Å². The number of benzene rings is 2. The number of thioether (sulfide) groups is 1. The largest absolute Gasteiger partial charge is 0.288 e. The minimum absolute atomic E-state index is 0.347. The third-order valence-corrected chi connectivity index (χ3v) is 4.00. The van der Waals surface area contributed by atoms with E-state index < -0.39 is 5.76 Å². The Hall–Kier alpha value is -1.72. The topological polar surface area (TPSA) is 25.8 Å². The number of rotatable bonds is 3. The second-order valence-corrected chi connectivity index (χ2v) is 5.71. The number of hydrogen-bond donors (Lipinski definition) is 0. The minimum Gasteiger partial charge on any atom is -0.198 e. The van der Waals surface area contributed by atoms with Crippen LogP contribution in [0.5, 0.6) is 0 Å². The van der Waals surface area contributed by atoms with Crippen molar-refractivity contribution in [2.24, 2.45) is 0 Å². The van der Waals surface area contributed by atoms with Crippen LogP contribution in [0, 0.1) is 0 Å². The first-order valence-electron chi connectivity index (χ1n) is 6.11. The highest BCUT2D eigenvalue weighted by Gasteiger charge is 2.10. The molecule has 0 fully saturated rings. The maximum absolute atomic E-state index is 12.3. The maximum atomic E-state index is 12.3. The summed E-state index contributed by atoms with van der Waals surface area (Å²) in [5, 5.41) is 10.1. The molecule has 2 nitrogen and oxygen atoms in total. The molecular weight excluding hydrogens is 314 g/mol. The zero-order valence-electron chi connectivity index (χ0n) is 10.6. The summed E-state index contributed by atoms with van der Waals surface area (Å²) in [7, 11) is 0. The van der Waals surface area contributed by atoms with Gasteiger partial charge in [0.15, 0.2) is 5.15 Å². The SMILES string of the molecule is FC(F)Sc1ccc(-c2nnc(Cl)c3ccccc23)cc1. The van der Waals surface area contributed by atoms with E-state index in [1.54, 1.807) is 24.3 Å². The lowest BCUT2D eigenvalue weighted by Crippen LogP contribution is -1.91. The van der Waals surface area contributed by atoms with Gasteiger partial charge in [-0.2, -0.15) is 8.78 Å². The van der Waals surface area contributed by atoms with Crippen LogP contribution in [-0.4, -0.2) is 16.0 Å². The fraction of sp³-hybridized carbons (Fsp3) is 0.0667. The predicted molar refractivity (Wildman–Crippen MR) is 81.8 cm³/mol. The standard InChI is InChI=1S/C15H9ClF2N2S/c16-14-12-4-2-1-3-11(12)13(19-20-14)9-5-7-10(8-6-9)21-15(17)18/h1-8,15H. The Balaban J connectivity index is 2.06. The van der Waals surface area contributed by atoms with Crippen LogP contribution in [0.1, 0.15) is 0 Å². The van der Waals surface area contributed by atoms with Crippen molar-refractivity contribution in [2.75, 3.05) is 0 Å². The van der Waals surface area contributed by atoms with Crippen molar-refractivity contribution in [3.8, 4) is 11.3 Å². The summed E-state index contributed by atoms with van der Waals surface area (Å²) in [5.41, 5.74) is 1.50. The number of halogens is 3. The molecule has 0 atom stereocenters. The maximum Gasteiger partial charge on any atom is 0.288 e. The molecule has 1 heterocycles. The summed E-state index contributed by atoms with van der Waals surface area (Å²) in [6.45, 7) is 0. The van der Waals surface area contributed by atoms with Crippen LogP contribution in [0.25, 0.3) is 22.0 Å². The molecule has 0 saturated heterocycles. The molecule has 0 aliphatic heterocycles. The molecule has 6 heteroatoms. The molecule has 0 bridgehead atoms. The molecule has 0 amide bonds. The van der Waals surface area contributed by atoms with E-state index in [0.29, 0.717) is 27.5 Å². The van der Waals surface area contributed by atoms with E-state index in [4.69, 9.17) is 11.6 Å². The van der Waals surface area contributed by atoms with Crippen LogP contribution in [0.3, 0.4) is 0 Å². The van der Waals surface area contributed by atoms with E-state index in [2.05, 4.69) is 10.2 Å². The molecule has 3 aromatic rings. The Kier molecular flexibility index (Phi) is 4.03. The molecule has 1 aromatic heterocycles. The molecule has 0 aliphatic carbocycles. The van der Waals surface area contributed by atoms with Crippen LogP contribution < -0.4 is 0 Å². The summed E-state index contributed by atoms with van der Waals surface area (Å²) in [6, 6.07) is 14.4. The zero-order chi connectivity index (χ0) is 14.8. The summed E-state index contributed by atoms with van der Waals surface area (Å²) in [5.74, 6) is -2.42. The van der Waals surface area contributed by atoms with Crippen LogP contribution >= 0.6 is 23.4 Å². The van der Waals surface area contributed by atoms with Gasteiger partial charge in [-0.15, -0.1) is 10.2 Å². The third-order valence-electron chi connectivity index (χ3n) is 3.00. The number of fused-ring (bicyclic) bond motifs is 1. The van der Waals surface area contributed by atoms with Crippen molar-refractivity contribution in [2.45, 2.75) is 10.7 Å². The van der Waals surface area contributed by atoms with E-state index in [9.17, 15) is 8.78 Å². The third kappa shape index (κ3) is 2.99. The lowest BCUT2D eigenvalue weighted by Gasteiger charge is -2.07. The average molecular weight is 323 g/mol. The molecule has 21 heavy (non-hydrogen) atoms. The van der Waals surface area contributed by atoms with Crippen molar-refractivity contribution in [1.82, 2.24) is 10.2 Å². The van der Waals surface area contributed by atoms with Crippen LogP contribution in [0.4, 0.5) is 8.78 Å². The highest BCUT2D eigenvalue weighted by Crippen LogP contribution is 2.31. The fourth-order valence-electron chi connectivity index (χ4n) is 2.08. The van der Waals surface area contributed by atoms with Gasteiger partial charge in [-0.3, -0.25) is 0 Å². The smallest absolute Gasteiger partial charge is 0.198 e. The average Bonchev–Trinajstić information content (AvgIpc) is 2.48. The fourth-order valence-corrected chi connectivity index (χ4v) is 2.78. The van der Waals surface area contributed by atoms with Gasteiger partial charge in [-0.25, -0.2) is 0 Å². The molecule has 2 aromatic carbocycles. The Bertz CT molecular complexity index is 778. The van der Waals surface area contributed by atoms with E-state index in [-0.39, 0.29) is 0 Å². The van der Waals surface area contributed by atoms with Crippen LogP contribution in [0.2, 0.25) is 5.15 Å². The number of nitrogens with zero attached hydrogens (tertiary/aromatic N) is 2. The van der Waals surface area contributed by atoms with Crippen molar-refractivity contribution in [1.29, 1.82) is 0 Å². The molecule has 0 radical (unpaired) electrons. The molecule has 0 saturated carbocycles. The molecule has 0 unspecified atom stereocenters. The van der Waals surface area contributed by atoms with E-state index >= 15 is 0 Å². The van der Waals surface area contributed by atoms with Gasteiger partial charge in [0.2, 0.25) is 0 Å². The second-order valence-electron chi connectivity index (χ2n) is 4.29. The Morgan fingerprint density at radius 2 is 1.57 bits per heavy atom. The van der Waals surface area contributed by atoms with Gasteiger partial charge < -0.3 is 0 Å². The van der Waals surface area contributed by atoms with Crippen molar-refractivity contribution in [3.05, 3.63) is 53.7 Å². The van der Waals surface area contributed by atoms with Gasteiger partial charge in [0.1, 0.15) is 5.69 Å². The summed E-state index contributed by atoms with van der Waals surface area (Å²) < 4.78 is 24.6. The van der Waals surface area contributed by atoms with E-state index in [0.717, 1.165) is 16.3 Å².